The molecule has 0 bridgehead atoms. The van der Waals surface area contributed by atoms with Crippen LogP contribution in [0.1, 0.15) is 30.5 Å². The number of hydrogen-bond donors (Lipinski definition) is 2. The number of hydrogen-bond acceptors (Lipinski definition) is 6. The largest absolute Gasteiger partial charge is 0.284 e. The second-order valence-corrected chi connectivity index (χ2v) is 9.36. The maximum absolute atomic E-state index is 10.8. The van der Waals surface area contributed by atoms with Gasteiger partial charge in [0.15, 0.2) is 0 Å². The molecule has 0 unspecified atom stereocenters. The van der Waals surface area contributed by atoms with E-state index in [1.807, 2.05) is 32.0 Å². The summed E-state index contributed by atoms with van der Waals surface area (Å²) in [4.78, 5) is 4.89. The van der Waals surface area contributed by atoms with Crippen molar-refractivity contribution < 1.29 is 8.42 Å². The molecule has 0 aliphatic carbocycles. The summed E-state index contributed by atoms with van der Waals surface area (Å²) in [5.74, 6) is 0.665. The normalized spacial score (nSPS) is 11.4. The minimum Gasteiger partial charge on any atom is -0.284 e. The molecule has 156 valence electrons. The first-order chi connectivity index (χ1) is 14.3. The van der Waals surface area contributed by atoms with Crippen molar-refractivity contribution >= 4 is 39.9 Å². The van der Waals surface area contributed by atoms with E-state index in [0.29, 0.717) is 23.0 Å². The maximum Gasteiger partial charge on any atom is 0.222 e. The Morgan fingerprint density at radius 3 is 2.63 bits per heavy atom. The number of thiol groups is 1. The smallest absolute Gasteiger partial charge is 0.222 e. The minimum absolute atomic E-state index is 0.338. The van der Waals surface area contributed by atoms with Gasteiger partial charge in [-0.2, -0.15) is 10.4 Å². The van der Waals surface area contributed by atoms with E-state index in [1.54, 1.807) is 34.9 Å². The van der Waals surface area contributed by atoms with Crippen LogP contribution in [0, 0.1) is 11.3 Å². The highest BCUT2D eigenvalue weighted by atomic mass is 35.5. The van der Waals surface area contributed by atoms with E-state index in [9.17, 15) is 13.7 Å². The average Bonchev–Trinajstić information content (AvgIpc) is 3.21. The number of nitrogens with one attached hydrogen (secondary N) is 1. The van der Waals surface area contributed by atoms with Crippen molar-refractivity contribution in [1.29, 1.82) is 5.26 Å². The number of anilines is 1. The SMILES string of the molecule is CC(C)(C#N)c1cc(CSc2ccc(N[SH](=O)=O)c(Cl)c2)cc(Cn2cncn2)c1. The van der Waals surface area contributed by atoms with E-state index in [4.69, 9.17) is 11.6 Å². The van der Waals surface area contributed by atoms with E-state index in [-0.39, 0.29) is 0 Å². The van der Waals surface area contributed by atoms with Gasteiger partial charge in [-0.25, -0.2) is 18.1 Å². The van der Waals surface area contributed by atoms with Crippen molar-refractivity contribution in [3.8, 4) is 6.07 Å². The van der Waals surface area contributed by atoms with E-state index in [2.05, 4.69) is 26.9 Å². The number of nitriles is 1. The first kappa shape index (κ1) is 22.2. The third-order valence-corrected chi connectivity index (χ3v) is 6.22. The van der Waals surface area contributed by atoms with Crippen LogP contribution in [0.25, 0.3) is 0 Å². The Bertz CT molecular complexity index is 1150. The molecule has 3 rings (SSSR count). The molecule has 1 aromatic heterocycles. The molecular weight excluding hydrogens is 442 g/mol. The molecule has 0 aliphatic rings. The highest BCUT2D eigenvalue weighted by Crippen LogP contribution is 2.32. The van der Waals surface area contributed by atoms with Gasteiger partial charge in [-0.1, -0.05) is 29.8 Å². The van der Waals surface area contributed by atoms with E-state index >= 15 is 0 Å². The Morgan fingerprint density at radius 1 is 1.23 bits per heavy atom. The van der Waals surface area contributed by atoms with Gasteiger partial charge in [0, 0.05) is 10.6 Å². The van der Waals surface area contributed by atoms with Crippen LogP contribution in [0.5, 0.6) is 0 Å². The molecule has 0 atom stereocenters. The molecule has 0 aliphatic heterocycles. The molecular formula is C20H20ClN5O2S2. The van der Waals surface area contributed by atoms with Crippen LogP contribution in [0.4, 0.5) is 5.69 Å². The molecule has 10 heteroatoms. The van der Waals surface area contributed by atoms with Crippen molar-refractivity contribution in [2.75, 3.05) is 4.72 Å². The van der Waals surface area contributed by atoms with Crippen LogP contribution in [0.2, 0.25) is 5.02 Å². The molecule has 0 saturated carbocycles. The fourth-order valence-electron chi connectivity index (χ4n) is 2.81. The van der Waals surface area contributed by atoms with E-state index in [1.165, 1.54) is 6.33 Å². The molecule has 2 aromatic carbocycles. The quantitative estimate of drug-likeness (QED) is 0.388. The molecule has 0 saturated heterocycles. The number of rotatable bonds is 8. The molecule has 0 amide bonds. The predicted molar refractivity (Wildman–Crippen MR) is 119 cm³/mol. The Kier molecular flexibility index (Phi) is 7.02. The third kappa shape index (κ3) is 5.75. The monoisotopic (exact) mass is 461 g/mol. The molecule has 1 N–H and O–H groups in total. The first-order valence-electron chi connectivity index (χ1n) is 8.97. The molecule has 0 spiro atoms. The summed E-state index contributed by atoms with van der Waals surface area (Å²) >= 11 is 7.75. The summed E-state index contributed by atoms with van der Waals surface area (Å²) in [6.07, 6.45) is 3.15. The van der Waals surface area contributed by atoms with Gasteiger partial charge in [-0.3, -0.25) is 4.72 Å². The van der Waals surface area contributed by atoms with Gasteiger partial charge in [-0.15, -0.1) is 11.8 Å². The van der Waals surface area contributed by atoms with Crippen LogP contribution in [0.15, 0.2) is 53.9 Å². The van der Waals surface area contributed by atoms with Gasteiger partial charge in [0.1, 0.15) is 12.7 Å². The molecule has 0 radical (unpaired) electrons. The molecule has 0 fully saturated rings. The summed E-state index contributed by atoms with van der Waals surface area (Å²) < 4.78 is 25.7. The number of thioether (sulfide) groups is 1. The summed E-state index contributed by atoms with van der Waals surface area (Å²) in [5.41, 5.74) is 2.77. The lowest BCUT2D eigenvalue weighted by molar-refractivity contribution is 0.619. The fraction of sp³-hybridized carbons (Fsp3) is 0.250. The average molecular weight is 462 g/mol. The van der Waals surface area contributed by atoms with Crippen molar-refractivity contribution in [1.82, 2.24) is 14.8 Å². The van der Waals surface area contributed by atoms with Crippen molar-refractivity contribution in [3.05, 3.63) is 70.8 Å². The fourth-order valence-corrected chi connectivity index (χ4v) is 4.42. The lowest BCUT2D eigenvalue weighted by Crippen LogP contribution is -2.15. The van der Waals surface area contributed by atoms with Crippen LogP contribution >= 0.6 is 23.4 Å². The zero-order valence-corrected chi connectivity index (χ0v) is 18.8. The topological polar surface area (TPSA) is 101 Å². The van der Waals surface area contributed by atoms with Crippen LogP contribution in [-0.2, 0) is 28.6 Å². The molecule has 30 heavy (non-hydrogen) atoms. The Morgan fingerprint density at radius 2 is 2.00 bits per heavy atom. The standard InChI is InChI=1S/C20H20ClN5O2S2/c1-20(2,11-22)16-6-14(9-26-13-23-12-24-26)5-15(7-16)10-29-17-3-4-19(18(21)8-17)25-30(27)28/h3-8,12-13,30H,9-10H2,1-2H3,(H,25,27,28). The Labute approximate surface area is 186 Å². The number of nitrogens with zero attached hydrogens (tertiary/aromatic N) is 4. The summed E-state index contributed by atoms with van der Waals surface area (Å²) in [6, 6.07) is 13.7. The van der Waals surface area contributed by atoms with Crippen LogP contribution < -0.4 is 4.72 Å². The highest BCUT2D eigenvalue weighted by molar-refractivity contribution is 7.98. The Hall–Kier alpha value is -2.54. The minimum atomic E-state index is -2.76. The lowest BCUT2D eigenvalue weighted by atomic mass is 9.84. The second kappa shape index (κ2) is 9.51. The second-order valence-electron chi connectivity index (χ2n) is 7.17. The molecule has 3 aromatic rings. The van der Waals surface area contributed by atoms with E-state index in [0.717, 1.165) is 21.6 Å². The third-order valence-electron chi connectivity index (χ3n) is 4.42. The van der Waals surface area contributed by atoms with Crippen LogP contribution in [0.3, 0.4) is 0 Å². The van der Waals surface area contributed by atoms with E-state index < -0.39 is 16.3 Å². The lowest BCUT2D eigenvalue weighted by Gasteiger charge is -2.19. The zero-order chi connectivity index (χ0) is 21.7. The van der Waals surface area contributed by atoms with Gasteiger partial charge in [0.25, 0.3) is 0 Å². The number of halogens is 1. The Balaban J connectivity index is 1.83. The van der Waals surface area contributed by atoms with Crippen LogP contribution in [-0.4, -0.2) is 23.2 Å². The summed E-state index contributed by atoms with van der Waals surface area (Å²) in [5, 5.41) is 14.1. The van der Waals surface area contributed by atoms with Gasteiger partial charge in [0.05, 0.1) is 28.7 Å². The van der Waals surface area contributed by atoms with Gasteiger partial charge < -0.3 is 0 Å². The van der Waals surface area contributed by atoms with Crippen molar-refractivity contribution in [2.45, 2.75) is 36.5 Å². The summed E-state index contributed by atoms with van der Waals surface area (Å²) in [6.45, 7) is 4.35. The van der Waals surface area contributed by atoms with Gasteiger partial charge in [0.2, 0.25) is 10.9 Å². The van der Waals surface area contributed by atoms with Gasteiger partial charge in [-0.05, 0) is 48.7 Å². The zero-order valence-electron chi connectivity index (χ0n) is 16.4. The first-order valence-corrected chi connectivity index (χ1v) is 11.5. The maximum atomic E-state index is 10.8. The van der Waals surface area contributed by atoms with Gasteiger partial charge >= 0.3 is 0 Å². The number of benzene rings is 2. The molecule has 7 nitrogen and oxygen atoms in total. The van der Waals surface area contributed by atoms with Crippen molar-refractivity contribution in [3.63, 3.8) is 0 Å². The highest BCUT2D eigenvalue weighted by Gasteiger charge is 2.21. The number of aromatic nitrogens is 3. The predicted octanol–water partition coefficient (Wildman–Crippen LogP) is 4.01. The van der Waals surface area contributed by atoms with Crippen molar-refractivity contribution in [2.24, 2.45) is 0 Å². The summed E-state index contributed by atoms with van der Waals surface area (Å²) in [7, 11) is -2.76. The molecule has 1 heterocycles.